The van der Waals surface area contributed by atoms with Gasteiger partial charge in [-0.3, -0.25) is 0 Å². The molecular weight excluding hydrogens is 319 g/mol. The Morgan fingerprint density at radius 1 is 1.32 bits per heavy atom. The lowest BCUT2D eigenvalue weighted by atomic mass is 10.3. The number of esters is 1. The van der Waals surface area contributed by atoms with Crippen molar-refractivity contribution in [3.05, 3.63) is 46.6 Å². The largest absolute Gasteiger partial charge is 0.464 e. The monoisotopic (exact) mass is 326 g/mol. The molecule has 0 atom stereocenters. The zero-order valence-electron chi connectivity index (χ0n) is 9.76. The van der Waals surface area contributed by atoms with Crippen LogP contribution in [0.3, 0.4) is 0 Å². The van der Waals surface area contributed by atoms with Gasteiger partial charge in [0.1, 0.15) is 11.6 Å². The van der Waals surface area contributed by atoms with Crippen LogP contribution in [-0.2, 0) is 4.74 Å². The molecule has 0 fully saturated rings. The number of nitrogens with zero attached hydrogens (tertiary/aromatic N) is 2. The third-order valence-corrected chi connectivity index (χ3v) is 2.75. The van der Waals surface area contributed by atoms with Crippen LogP contribution in [-0.4, -0.2) is 23.0 Å². The number of aromatic nitrogens is 2. The van der Waals surface area contributed by atoms with Crippen molar-refractivity contribution < 1.29 is 18.7 Å². The maximum Gasteiger partial charge on any atom is 0.358 e. The van der Waals surface area contributed by atoms with Gasteiger partial charge in [-0.2, -0.15) is 0 Å². The van der Waals surface area contributed by atoms with E-state index in [9.17, 15) is 9.18 Å². The Balaban J connectivity index is 2.17. The van der Waals surface area contributed by atoms with Gasteiger partial charge in [-0.25, -0.2) is 19.2 Å². The average molecular weight is 327 g/mol. The van der Waals surface area contributed by atoms with Gasteiger partial charge in [0.15, 0.2) is 5.69 Å². The predicted molar refractivity (Wildman–Crippen MR) is 67.5 cm³/mol. The van der Waals surface area contributed by atoms with Crippen molar-refractivity contribution in [1.82, 2.24) is 9.97 Å². The first-order chi connectivity index (χ1) is 9.10. The van der Waals surface area contributed by atoms with Gasteiger partial charge in [-0.15, -0.1) is 0 Å². The summed E-state index contributed by atoms with van der Waals surface area (Å²) in [5.74, 6) is -0.394. The number of benzene rings is 1. The van der Waals surface area contributed by atoms with Gasteiger partial charge >= 0.3 is 5.97 Å². The first-order valence-electron chi connectivity index (χ1n) is 5.13. The van der Waals surface area contributed by atoms with Crippen molar-refractivity contribution in [1.29, 1.82) is 0 Å². The van der Waals surface area contributed by atoms with Gasteiger partial charge in [0, 0.05) is 0 Å². The maximum absolute atomic E-state index is 12.9. The Labute approximate surface area is 116 Å². The summed E-state index contributed by atoms with van der Waals surface area (Å²) in [5.41, 5.74) is 0.0769. The molecule has 0 amide bonds. The molecule has 0 spiro atoms. The van der Waals surface area contributed by atoms with E-state index in [1.54, 1.807) is 0 Å². The molecule has 5 nitrogen and oxygen atoms in total. The molecule has 19 heavy (non-hydrogen) atoms. The van der Waals surface area contributed by atoms with Gasteiger partial charge in [0.2, 0.25) is 5.88 Å². The second-order valence-electron chi connectivity index (χ2n) is 3.41. The molecule has 2 aromatic rings. The van der Waals surface area contributed by atoms with Crippen LogP contribution in [0.1, 0.15) is 10.5 Å². The molecule has 0 aliphatic carbocycles. The van der Waals surface area contributed by atoms with E-state index in [2.05, 4.69) is 30.6 Å². The molecule has 0 aliphatic heterocycles. The summed E-state index contributed by atoms with van der Waals surface area (Å²) < 4.78 is 23.2. The third kappa shape index (κ3) is 3.25. The van der Waals surface area contributed by atoms with E-state index < -0.39 is 5.97 Å². The number of hydrogen-bond donors (Lipinski definition) is 0. The van der Waals surface area contributed by atoms with Crippen LogP contribution in [0.5, 0.6) is 11.6 Å². The molecule has 7 heteroatoms. The van der Waals surface area contributed by atoms with Crippen LogP contribution in [0.15, 0.2) is 35.1 Å². The maximum atomic E-state index is 12.9. The SMILES string of the molecule is COC(=O)c1cnc(Oc2ccc(F)cc2Br)cn1. The Morgan fingerprint density at radius 2 is 2.11 bits per heavy atom. The van der Waals surface area contributed by atoms with Gasteiger partial charge in [-0.1, -0.05) is 0 Å². The number of carbonyl (C=O) groups excluding carboxylic acids is 1. The highest BCUT2D eigenvalue weighted by Crippen LogP contribution is 2.28. The Morgan fingerprint density at radius 3 is 2.68 bits per heavy atom. The standard InChI is InChI=1S/C12H8BrFN2O3/c1-18-12(17)9-5-16-11(6-15-9)19-10-3-2-7(14)4-8(10)13/h2-6H,1H3. The van der Waals surface area contributed by atoms with Crippen molar-refractivity contribution in [2.75, 3.05) is 7.11 Å². The summed E-state index contributed by atoms with van der Waals surface area (Å²) in [5, 5.41) is 0. The van der Waals surface area contributed by atoms with Crippen molar-refractivity contribution in [3.63, 3.8) is 0 Å². The molecule has 0 saturated carbocycles. The lowest BCUT2D eigenvalue weighted by Crippen LogP contribution is -2.04. The molecule has 0 N–H and O–H groups in total. The Bertz CT molecular complexity index is 604. The molecule has 1 heterocycles. The van der Waals surface area contributed by atoms with Gasteiger partial charge in [-0.05, 0) is 34.1 Å². The average Bonchev–Trinajstić information content (AvgIpc) is 2.42. The predicted octanol–water partition coefficient (Wildman–Crippen LogP) is 2.96. The van der Waals surface area contributed by atoms with Crippen LogP contribution >= 0.6 is 15.9 Å². The van der Waals surface area contributed by atoms with Crippen LogP contribution < -0.4 is 4.74 Å². The lowest BCUT2D eigenvalue weighted by Gasteiger charge is -2.06. The minimum Gasteiger partial charge on any atom is -0.464 e. The minimum atomic E-state index is -0.581. The topological polar surface area (TPSA) is 61.3 Å². The van der Waals surface area contributed by atoms with E-state index in [1.807, 2.05) is 0 Å². The number of ether oxygens (including phenoxy) is 2. The molecule has 0 saturated heterocycles. The van der Waals surface area contributed by atoms with E-state index in [1.165, 1.54) is 37.7 Å². The number of hydrogen-bond acceptors (Lipinski definition) is 5. The fraction of sp³-hybridized carbons (Fsp3) is 0.0833. The normalized spacial score (nSPS) is 10.1. The van der Waals surface area contributed by atoms with Crippen LogP contribution in [0.2, 0.25) is 0 Å². The van der Waals surface area contributed by atoms with Crippen LogP contribution in [0.25, 0.3) is 0 Å². The first kappa shape index (κ1) is 13.4. The summed E-state index contributed by atoms with van der Waals surface area (Å²) in [6.07, 6.45) is 2.51. The van der Waals surface area contributed by atoms with Crippen molar-refractivity contribution in [2.24, 2.45) is 0 Å². The first-order valence-corrected chi connectivity index (χ1v) is 5.92. The van der Waals surface area contributed by atoms with Gasteiger partial charge in [0.25, 0.3) is 0 Å². The van der Waals surface area contributed by atoms with Crippen molar-refractivity contribution >= 4 is 21.9 Å². The van der Waals surface area contributed by atoms with Crippen molar-refractivity contribution in [2.45, 2.75) is 0 Å². The van der Waals surface area contributed by atoms with Gasteiger partial charge < -0.3 is 9.47 Å². The third-order valence-electron chi connectivity index (χ3n) is 2.13. The number of halogens is 2. The second kappa shape index (κ2) is 5.75. The van der Waals surface area contributed by atoms with Crippen LogP contribution in [0, 0.1) is 5.82 Å². The molecular formula is C12H8BrFN2O3. The molecule has 0 aliphatic rings. The molecule has 1 aromatic heterocycles. The fourth-order valence-corrected chi connectivity index (χ4v) is 1.68. The van der Waals surface area contributed by atoms with E-state index in [4.69, 9.17) is 4.74 Å². The van der Waals surface area contributed by atoms with Crippen LogP contribution in [0.4, 0.5) is 4.39 Å². The summed E-state index contributed by atoms with van der Waals surface area (Å²) in [7, 11) is 1.25. The highest BCUT2D eigenvalue weighted by atomic mass is 79.9. The molecule has 98 valence electrons. The quantitative estimate of drug-likeness (QED) is 0.811. The van der Waals surface area contributed by atoms with E-state index >= 15 is 0 Å². The van der Waals surface area contributed by atoms with Gasteiger partial charge in [0.05, 0.1) is 24.0 Å². The van der Waals surface area contributed by atoms with Crippen molar-refractivity contribution in [3.8, 4) is 11.6 Å². The Kier molecular flexibility index (Phi) is 4.06. The second-order valence-corrected chi connectivity index (χ2v) is 4.26. The highest BCUT2D eigenvalue weighted by Gasteiger charge is 2.09. The summed E-state index contributed by atoms with van der Waals surface area (Å²) in [6.45, 7) is 0. The fourth-order valence-electron chi connectivity index (χ4n) is 1.25. The summed E-state index contributed by atoms with van der Waals surface area (Å²) in [6, 6.07) is 3.98. The molecule has 0 radical (unpaired) electrons. The minimum absolute atomic E-state index is 0.0769. The van der Waals surface area contributed by atoms with E-state index in [-0.39, 0.29) is 17.4 Å². The zero-order valence-corrected chi connectivity index (χ0v) is 11.3. The zero-order chi connectivity index (χ0) is 13.8. The Hall–Kier alpha value is -2.02. The smallest absolute Gasteiger partial charge is 0.358 e. The molecule has 0 unspecified atom stereocenters. The van der Waals surface area contributed by atoms with E-state index in [0.29, 0.717) is 10.2 Å². The summed E-state index contributed by atoms with van der Waals surface area (Å²) in [4.78, 5) is 18.9. The molecule has 1 aromatic carbocycles. The molecule has 0 bridgehead atoms. The molecule has 2 rings (SSSR count). The lowest BCUT2D eigenvalue weighted by molar-refractivity contribution is 0.0593. The number of methoxy groups -OCH3 is 1. The highest BCUT2D eigenvalue weighted by molar-refractivity contribution is 9.10. The van der Waals surface area contributed by atoms with E-state index in [0.717, 1.165) is 0 Å². The summed E-state index contributed by atoms with van der Waals surface area (Å²) >= 11 is 3.17. The number of rotatable bonds is 3. The number of carbonyl (C=O) groups is 1.